The lowest BCUT2D eigenvalue weighted by molar-refractivity contribution is -0.115. The SMILES string of the molecule is CC(C)CCNCC(=O)Nc1nccs1. The number of thiazole rings is 1. The second-order valence-corrected chi connectivity index (χ2v) is 4.64. The van der Waals surface area contributed by atoms with Gasteiger partial charge in [0.15, 0.2) is 5.13 Å². The first-order valence-electron chi connectivity index (χ1n) is 5.08. The third kappa shape index (κ3) is 5.49. The highest BCUT2D eigenvalue weighted by Gasteiger charge is 2.02. The molecule has 1 aromatic rings. The van der Waals surface area contributed by atoms with Crippen LogP contribution in [0.2, 0.25) is 0 Å². The third-order valence-electron chi connectivity index (χ3n) is 1.86. The van der Waals surface area contributed by atoms with Gasteiger partial charge in [-0.15, -0.1) is 11.3 Å². The maximum atomic E-state index is 11.3. The van der Waals surface area contributed by atoms with Crippen molar-refractivity contribution < 1.29 is 4.79 Å². The van der Waals surface area contributed by atoms with Crippen LogP contribution in [-0.2, 0) is 4.79 Å². The van der Waals surface area contributed by atoms with E-state index >= 15 is 0 Å². The Morgan fingerprint density at radius 3 is 3.00 bits per heavy atom. The maximum Gasteiger partial charge on any atom is 0.240 e. The molecule has 0 atom stereocenters. The number of anilines is 1. The molecule has 2 N–H and O–H groups in total. The summed E-state index contributed by atoms with van der Waals surface area (Å²) in [5.74, 6) is 0.633. The Hall–Kier alpha value is -0.940. The Balaban J connectivity index is 2.09. The third-order valence-corrected chi connectivity index (χ3v) is 2.55. The van der Waals surface area contributed by atoms with Crippen LogP contribution in [-0.4, -0.2) is 24.0 Å². The van der Waals surface area contributed by atoms with Crippen LogP contribution >= 0.6 is 11.3 Å². The smallest absolute Gasteiger partial charge is 0.240 e. The van der Waals surface area contributed by atoms with Gasteiger partial charge in [0.1, 0.15) is 0 Å². The first-order chi connectivity index (χ1) is 7.18. The summed E-state index contributed by atoms with van der Waals surface area (Å²) in [5, 5.41) is 8.30. The number of hydrogen-bond acceptors (Lipinski definition) is 4. The second-order valence-electron chi connectivity index (χ2n) is 3.74. The van der Waals surface area contributed by atoms with E-state index in [0.717, 1.165) is 13.0 Å². The zero-order chi connectivity index (χ0) is 11.1. The van der Waals surface area contributed by atoms with Crippen LogP contribution in [0.5, 0.6) is 0 Å². The number of hydrogen-bond donors (Lipinski definition) is 2. The van der Waals surface area contributed by atoms with Crippen LogP contribution < -0.4 is 10.6 Å². The highest BCUT2D eigenvalue weighted by atomic mass is 32.1. The lowest BCUT2D eigenvalue weighted by Gasteiger charge is -2.06. The average Bonchev–Trinajstić information content (AvgIpc) is 2.64. The first kappa shape index (κ1) is 12.1. The van der Waals surface area contributed by atoms with Gasteiger partial charge < -0.3 is 10.6 Å². The molecule has 0 spiro atoms. The van der Waals surface area contributed by atoms with Crippen LogP contribution in [0.1, 0.15) is 20.3 Å². The Bertz CT molecular complexity index is 285. The molecule has 84 valence electrons. The highest BCUT2D eigenvalue weighted by Crippen LogP contribution is 2.09. The van der Waals surface area contributed by atoms with Gasteiger partial charge in [0, 0.05) is 11.6 Å². The standard InChI is InChI=1S/C10H17N3OS/c1-8(2)3-4-11-7-9(14)13-10-12-5-6-15-10/h5-6,8,11H,3-4,7H2,1-2H3,(H,12,13,14). The minimum absolute atomic E-state index is 0.0336. The largest absolute Gasteiger partial charge is 0.308 e. The van der Waals surface area contributed by atoms with E-state index in [1.165, 1.54) is 11.3 Å². The topological polar surface area (TPSA) is 54.0 Å². The summed E-state index contributed by atoms with van der Waals surface area (Å²) in [6.07, 6.45) is 2.76. The number of amides is 1. The number of carbonyl (C=O) groups is 1. The molecule has 1 aromatic heterocycles. The quantitative estimate of drug-likeness (QED) is 0.728. The van der Waals surface area contributed by atoms with Gasteiger partial charge in [-0.25, -0.2) is 4.98 Å². The normalized spacial score (nSPS) is 10.6. The molecule has 0 radical (unpaired) electrons. The molecule has 1 heterocycles. The van der Waals surface area contributed by atoms with E-state index < -0.39 is 0 Å². The molecule has 0 unspecified atom stereocenters. The number of aromatic nitrogens is 1. The van der Waals surface area contributed by atoms with Gasteiger partial charge in [0.05, 0.1) is 6.54 Å². The highest BCUT2D eigenvalue weighted by molar-refractivity contribution is 7.13. The number of nitrogens with zero attached hydrogens (tertiary/aromatic N) is 1. The fraction of sp³-hybridized carbons (Fsp3) is 0.600. The lowest BCUT2D eigenvalue weighted by Crippen LogP contribution is -2.29. The lowest BCUT2D eigenvalue weighted by atomic mass is 10.1. The first-order valence-corrected chi connectivity index (χ1v) is 5.96. The van der Waals surface area contributed by atoms with E-state index in [2.05, 4.69) is 29.5 Å². The molecule has 1 amide bonds. The van der Waals surface area contributed by atoms with Gasteiger partial charge in [0.25, 0.3) is 0 Å². The van der Waals surface area contributed by atoms with Crippen molar-refractivity contribution in [2.45, 2.75) is 20.3 Å². The van der Waals surface area contributed by atoms with Gasteiger partial charge >= 0.3 is 0 Å². The summed E-state index contributed by atoms with van der Waals surface area (Å²) in [6, 6.07) is 0. The molecule has 0 aromatic carbocycles. The van der Waals surface area contributed by atoms with Crippen molar-refractivity contribution in [2.24, 2.45) is 5.92 Å². The van der Waals surface area contributed by atoms with E-state index in [1.807, 2.05) is 5.38 Å². The molecule has 0 saturated heterocycles. The Morgan fingerprint density at radius 2 is 2.40 bits per heavy atom. The number of carbonyl (C=O) groups excluding carboxylic acids is 1. The molecule has 5 heteroatoms. The Morgan fingerprint density at radius 1 is 1.60 bits per heavy atom. The van der Waals surface area contributed by atoms with Crippen molar-refractivity contribution in [1.29, 1.82) is 0 Å². The second kappa shape index (κ2) is 6.53. The molecular formula is C10H17N3OS. The molecule has 0 bridgehead atoms. The molecule has 1 rings (SSSR count). The number of rotatable bonds is 6. The van der Waals surface area contributed by atoms with E-state index in [1.54, 1.807) is 6.20 Å². The zero-order valence-electron chi connectivity index (χ0n) is 9.12. The van der Waals surface area contributed by atoms with Crippen molar-refractivity contribution in [1.82, 2.24) is 10.3 Å². The zero-order valence-corrected chi connectivity index (χ0v) is 9.93. The summed E-state index contributed by atoms with van der Waals surface area (Å²) < 4.78 is 0. The fourth-order valence-electron chi connectivity index (χ4n) is 1.04. The molecular weight excluding hydrogens is 210 g/mol. The number of nitrogens with one attached hydrogen (secondary N) is 2. The molecule has 0 aliphatic rings. The van der Waals surface area contributed by atoms with E-state index in [9.17, 15) is 4.79 Å². The maximum absolute atomic E-state index is 11.3. The average molecular weight is 227 g/mol. The van der Waals surface area contributed by atoms with Crippen molar-refractivity contribution >= 4 is 22.4 Å². The van der Waals surface area contributed by atoms with Crippen molar-refractivity contribution in [3.8, 4) is 0 Å². The van der Waals surface area contributed by atoms with Crippen LogP contribution in [0.3, 0.4) is 0 Å². The molecule has 4 nitrogen and oxygen atoms in total. The summed E-state index contributed by atoms with van der Waals surface area (Å²) in [5.41, 5.74) is 0. The van der Waals surface area contributed by atoms with Crippen LogP contribution in [0.4, 0.5) is 5.13 Å². The predicted octanol–water partition coefficient (Wildman–Crippen LogP) is 1.72. The summed E-state index contributed by atoms with van der Waals surface area (Å²) in [4.78, 5) is 15.3. The van der Waals surface area contributed by atoms with Crippen molar-refractivity contribution in [2.75, 3.05) is 18.4 Å². The minimum Gasteiger partial charge on any atom is -0.308 e. The van der Waals surface area contributed by atoms with Gasteiger partial charge in [0.2, 0.25) is 5.91 Å². The van der Waals surface area contributed by atoms with E-state index in [4.69, 9.17) is 0 Å². The molecule has 0 aliphatic carbocycles. The monoisotopic (exact) mass is 227 g/mol. The molecule has 0 saturated carbocycles. The Kier molecular flexibility index (Phi) is 5.28. The van der Waals surface area contributed by atoms with Gasteiger partial charge in [-0.2, -0.15) is 0 Å². The van der Waals surface area contributed by atoms with Crippen molar-refractivity contribution in [3.63, 3.8) is 0 Å². The molecule has 0 fully saturated rings. The van der Waals surface area contributed by atoms with E-state index in [0.29, 0.717) is 17.6 Å². The van der Waals surface area contributed by atoms with Gasteiger partial charge in [-0.1, -0.05) is 13.8 Å². The molecule has 0 aliphatic heterocycles. The fourth-order valence-corrected chi connectivity index (χ4v) is 1.59. The predicted molar refractivity (Wildman–Crippen MR) is 63.1 cm³/mol. The van der Waals surface area contributed by atoms with Crippen LogP contribution in [0.25, 0.3) is 0 Å². The van der Waals surface area contributed by atoms with Gasteiger partial charge in [-0.05, 0) is 18.9 Å². The summed E-state index contributed by atoms with van der Waals surface area (Å²) in [6.45, 7) is 5.56. The summed E-state index contributed by atoms with van der Waals surface area (Å²) >= 11 is 1.42. The van der Waals surface area contributed by atoms with Crippen LogP contribution in [0, 0.1) is 5.92 Å². The molecule has 15 heavy (non-hydrogen) atoms. The Labute approximate surface area is 94.1 Å². The van der Waals surface area contributed by atoms with Crippen molar-refractivity contribution in [3.05, 3.63) is 11.6 Å². The minimum atomic E-state index is -0.0336. The van der Waals surface area contributed by atoms with E-state index in [-0.39, 0.29) is 5.91 Å². The van der Waals surface area contributed by atoms with Crippen LogP contribution in [0.15, 0.2) is 11.6 Å². The summed E-state index contributed by atoms with van der Waals surface area (Å²) in [7, 11) is 0. The van der Waals surface area contributed by atoms with Gasteiger partial charge in [-0.3, -0.25) is 4.79 Å².